The fraction of sp³-hybridized carbons (Fsp3) is 0.900. The predicted octanol–water partition coefficient (Wildman–Crippen LogP) is -0.131. The van der Waals surface area contributed by atoms with Crippen molar-refractivity contribution in [2.45, 2.75) is 25.0 Å². The van der Waals surface area contributed by atoms with Gasteiger partial charge in [-0.05, 0) is 25.4 Å². The third kappa shape index (κ3) is 4.75. The van der Waals surface area contributed by atoms with E-state index in [-0.39, 0.29) is 11.2 Å². The smallest absolute Gasteiger partial charge is 0.220 e. The highest BCUT2D eigenvalue weighted by Crippen LogP contribution is 2.07. The van der Waals surface area contributed by atoms with Gasteiger partial charge in [0.05, 0.1) is 0 Å². The highest BCUT2D eigenvalue weighted by molar-refractivity contribution is 7.84. The summed E-state index contributed by atoms with van der Waals surface area (Å²) in [4.78, 5) is 11.4. The quantitative estimate of drug-likeness (QED) is 0.671. The van der Waals surface area contributed by atoms with Crippen LogP contribution < -0.4 is 10.6 Å². The van der Waals surface area contributed by atoms with Crippen molar-refractivity contribution in [2.24, 2.45) is 5.92 Å². The first kappa shape index (κ1) is 12.6. The molecule has 0 saturated carbocycles. The van der Waals surface area contributed by atoms with E-state index in [2.05, 4.69) is 10.6 Å². The minimum Gasteiger partial charge on any atom is -0.356 e. The fourth-order valence-electron chi connectivity index (χ4n) is 1.41. The largest absolute Gasteiger partial charge is 0.356 e. The van der Waals surface area contributed by atoms with Crippen LogP contribution in [0.4, 0.5) is 0 Å². The van der Waals surface area contributed by atoms with Crippen LogP contribution in [0.5, 0.6) is 0 Å². The van der Waals surface area contributed by atoms with Gasteiger partial charge in [-0.15, -0.1) is 0 Å². The van der Waals surface area contributed by atoms with Crippen LogP contribution in [0.25, 0.3) is 0 Å². The molecule has 0 aromatic heterocycles. The summed E-state index contributed by atoms with van der Waals surface area (Å²) in [6.07, 6.45) is 3.11. The van der Waals surface area contributed by atoms with Crippen LogP contribution in [-0.2, 0) is 15.6 Å². The molecule has 0 radical (unpaired) electrons. The van der Waals surface area contributed by atoms with Crippen molar-refractivity contribution >= 4 is 16.7 Å². The molecule has 0 spiro atoms. The van der Waals surface area contributed by atoms with E-state index < -0.39 is 10.8 Å². The molecule has 1 amide bonds. The minimum atomic E-state index is -0.788. The standard InChI is InChI=1S/C10H20N2O2S/c1-8(15(2)14)3-4-12-10(13)5-9-6-11-7-9/h8-9,11H,3-7H2,1-2H3,(H,12,13). The lowest BCUT2D eigenvalue weighted by molar-refractivity contribution is -0.122. The Morgan fingerprint density at radius 2 is 2.27 bits per heavy atom. The van der Waals surface area contributed by atoms with Gasteiger partial charge >= 0.3 is 0 Å². The Labute approximate surface area is 93.7 Å². The Morgan fingerprint density at radius 3 is 2.73 bits per heavy atom. The van der Waals surface area contributed by atoms with Gasteiger partial charge in [-0.1, -0.05) is 6.92 Å². The molecular weight excluding hydrogens is 212 g/mol. The van der Waals surface area contributed by atoms with Gasteiger partial charge in [-0.25, -0.2) is 0 Å². The van der Waals surface area contributed by atoms with E-state index in [1.54, 1.807) is 6.26 Å². The molecule has 1 heterocycles. The summed E-state index contributed by atoms with van der Waals surface area (Å²) in [5, 5.41) is 6.16. The van der Waals surface area contributed by atoms with Crippen LogP contribution in [0.2, 0.25) is 0 Å². The molecule has 2 N–H and O–H groups in total. The molecule has 1 saturated heterocycles. The molecule has 1 fully saturated rings. The average molecular weight is 232 g/mol. The van der Waals surface area contributed by atoms with Gasteiger partial charge < -0.3 is 10.6 Å². The van der Waals surface area contributed by atoms with Gasteiger partial charge in [-0.3, -0.25) is 9.00 Å². The van der Waals surface area contributed by atoms with E-state index >= 15 is 0 Å². The number of rotatable bonds is 6. The van der Waals surface area contributed by atoms with Gasteiger partial charge in [0.15, 0.2) is 0 Å². The maximum absolute atomic E-state index is 11.4. The molecule has 4 nitrogen and oxygen atoms in total. The molecule has 15 heavy (non-hydrogen) atoms. The van der Waals surface area contributed by atoms with E-state index in [9.17, 15) is 9.00 Å². The van der Waals surface area contributed by atoms with Crippen molar-refractivity contribution < 1.29 is 9.00 Å². The molecule has 1 rings (SSSR count). The zero-order chi connectivity index (χ0) is 11.3. The van der Waals surface area contributed by atoms with Gasteiger partial charge in [0.2, 0.25) is 5.91 Å². The topological polar surface area (TPSA) is 58.2 Å². The Balaban J connectivity index is 2.03. The third-order valence-corrected chi connectivity index (χ3v) is 4.15. The number of amides is 1. The van der Waals surface area contributed by atoms with E-state index in [4.69, 9.17) is 0 Å². The molecule has 2 unspecified atom stereocenters. The van der Waals surface area contributed by atoms with Gasteiger partial charge in [0.25, 0.3) is 0 Å². The Bertz CT molecular complexity index is 242. The first-order chi connectivity index (χ1) is 7.09. The molecule has 0 bridgehead atoms. The summed E-state index contributed by atoms with van der Waals surface area (Å²) in [5.74, 6) is 0.637. The first-order valence-electron chi connectivity index (χ1n) is 5.39. The fourth-order valence-corrected chi connectivity index (χ4v) is 1.86. The van der Waals surface area contributed by atoms with Crippen molar-refractivity contribution in [1.82, 2.24) is 10.6 Å². The first-order valence-corrected chi connectivity index (χ1v) is 7.01. The Kier molecular flexibility index (Phi) is 5.25. The lowest BCUT2D eigenvalue weighted by atomic mass is 9.99. The van der Waals surface area contributed by atoms with Crippen LogP contribution >= 0.6 is 0 Å². The second-order valence-electron chi connectivity index (χ2n) is 4.18. The molecule has 1 aliphatic heterocycles. The summed E-state index contributed by atoms with van der Waals surface area (Å²) in [6, 6.07) is 0. The summed E-state index contributed by atoms with van der Waals surface area (Å²) < 4.78 is 11.0. The second-order valence-corrected chi connectivity index (χ2v) is 5.98. The zero-order valence-corrected chi connectivity index (χ0v) is 10.2. The van der Waals surface area contributed by atoms with Crippen LogP contribution in [0.15, 0.2) is 0 Å². The average Bonchev–Trinajstić information content (AvgIpc) is 2.11. The molecule has 0 aromatic carbocycles. The summed E-state index contributed by atoms with van der Waals surface area (Å²) >= 11 is 0. The van der Waals surface area contributed by atoms with Gasteiger partial charge in [0.1, 0.15) is 0 Å². The van der Waals surface area contributed by atoms with E-state index in [1.807, 2.05) is 6.92 Å². The summed E-state index contributed by atoms with van der Waals surface area (Å²) in [7, 11) is -0.788. The molecule has 1 aliphatic rings. The molecule has 0 aliphatic carbocycles. The molecule has 88 valence electrons. The summed E-state index contributed by atoms with van der Waals surface area (Å²) in [6.45, 7) is 4.50. The number of hydrogen-bond acceptors (Lipinski definition) is 3. The van der Waals surface area contributed by atoms with E-state index in [0.29, 0.717) is 18.9 Å². The Morgan fingerprint density at radius 1 is 1.60 bits per heavy atom. The predicted molar refractivity (Wildman–Crippen MR) is 62.1 cm³/mol. The Hall–Kier alpha value is -0.420. The van der Waals surface area contributed by atoms with Crippen molar-refractivity contribution in [1.29, 1.82) is 0 Å². The number of nitrogens with one attached hydrogen (secondary N) is 2. The minimum absolute atomic E-state index is 0.121. The van der Waals surface area contributed by atoms with Crippen LogP contribution in [0, 0.1) is 5.92 Å². The van der Waals surface area contributed by atoms with Gasteiger partial charge in [0, 0.05) is 35.3 Å². The highest BCUT2D eigenvalue weighted by Gasteiger charge is 2.19. The molecular formula is C10H20N2O2S. The second kappa shape index (κ2) is 6.23. The molecule has 2 atom stereocenters. The number of carbonyl (C=O) groups is 1. The van der Waals surface area contributed by atoms with Crippen molar-refractivity contribution in [3.8, 4) is 0 Å². The van der Waals surface area contributed by atoms with Crippen LogP contribution in [0.3, 0.4) is 0 Å². The van der Waals surface area contributed by atoms with Crippen molar-refractivity contribution in [2.75, 3.05) is 25.9 Å². The van der Waals surface area contributed by atoms with Crippen molar-refractivity contribution in [3.05, 3.63) is 0 Å². The van der Waals surface area contributed by atoms with E-state index in [0.717, 1.165) is 19.5 Å². The number of carbonyl (C=O) groups excluding carboxylic acids is 1. The molecule has 0 aromatic rings. The SMILES string of the molecule is CC(CCNC(=O)CC1CNC1)S(C)=O. The third-order valence-electron chi connectivity index (χ3n) is 2.78. The summed E-state index contributed by atoms with van der Waals surface area (Å²) in [5.41, 5.74) is 0. The maximum atomic E-state index is 11.4. The van der Waals surface area contributed by atoms with Gasteiger partial charge in [-0.2, -0.15) is 0 Å². The number of hydrogen-bond donors (Lipinski definition) is 2. The van der Waals surface area contributed by atoms with Crippen LogP contribution in [0.1, 0.15) is 19.8 Å². The van der Waals surface area contributed by atoms with Crippen LogP contribution in [-0.4, -0.2) is 41.3 Å². The molecule has 5 heteroatoms. The zero-order valence-electron chi connectivity index (χ0n) is 9.41. The monoisotopic (exact) mass is 232 g/mol. The maximum Gasteiger partial charge on any atom is 0.220 e. The lowest BCUT2D eigenvalue weighted by Crippen LogP contribution is -2.44. The lowest BCUT2D eigenvalue weighted by Gasteiger charge is -2.26. The normalized spacial score (nSPS) is 20.4. The van der Waals surface area contributed by atoms with Crippen molar-refractivity contribution in [3.63, 3.8) is 0 Å². The highest BCUT2D eigenvalue weighted by atomic mass is 32.2. The van der Waals surface area contributed by atoms with E-state index in [1.165, 1.54) is 0 Å².